The molecule has 1 aromatic heterocycles. The Labute approximate surface area is 125 Å². The molecule has 1 atom stereocenters. The Morgan fingerprint density at radius 2 is 2.00 bits per heavy atom. The third kappa shape index (κ3) is 4.06. The topological polar surface area (TPSA) is 71.2 Å². The largest absolute Gasteiger partial charge is 0.448 e. The molecule has 0 aliphatic carbocycles. The summed E-state index contributed by atoms with van der Waals surface area (Å²) in [6.45, 7) is 1.43. The zero-order valence-electron chi connectivity index (χ0n) is 11.0. The second-order valence-electron chi connectivity index (χ2n) is 4.28. The number of nitrogens with one attached hydrogen (secondary N) is 2. The van der Waals surface area contributed by atoms with Gasteiger partial charge in [-0.3, -0.25) is 4.79 Å². The molecule has 0 aliphatic heterocycles. The van der Waals surface area contributed by atoms with E-state index < -0.39 is 23.8 Å². The predicted molar refractivity (Wildman–Crippen MR) is 75.7 cm³/mol. The van der Waals surface area contributed by atoms with Crippen molar-refractivity contribution in [2.45, 2.75) is 13.0 Å². The summed E-state index contributed by atoms with van der Waals surface area (Å²) < 4.78 is 17.7. The van der Waals surface area contributed by atoms with Gasteiger partial charge in [0.25, 0.3) is 5.91 Å². The van der Waals surface area contributed by atoms with Gasteiger partial charge in [0.1, 0.15) is 11.5 Å². The summed E-state index contributed by atoms with van der Waals surface area (Å²) in [6.07, 6.45) is 0.422. The summed E-state index contributed by atoms with van der Waals surface area (Å²) in [4.78, 5) is 26.2. The Bertz CT molecular complexity index is 654. The zero-order valence-corrected chi connectivity index (χ0v) is 11.8. The van der Waals surface area contributed by atoms with Crippen LogP contribution in [0.4, 0.5) is 10.1 Å². The van der Waals surface area contributed by atoms with Gasteiger partial charge >= 0.3 is 5.97 Å². The summed E-state index contributed by atoms with van der Waals surface area (Å²) in [5, 5.41) is 2.88. The molecule has 0 fully saturated rings. The van der Waals surface area contributed by atoms with Gasteiger partial charge in [0.05, 0.1) is 5.02 Å². The first-order valence-electron chi connectivity index (χ1n) is 6.07. The number of carbonyl (C=O) groups is 2. The number of carbonyl (C=O) groups excluding carboxylic acids is 2. The monoisotopic (exact) mass is 310 g/mol. The number of amides is 1. The molecule has 0 spiro atoms. The minimum atomic E-state index is -1.01. The van der Waals surface area contributed by atoms with E-state index in [4.69, 9.17) is 16.3 Å². The number of halogens is 2. The van der Waals surface area contributed by atoms with Crippen molar-refractivity contribution in [3.63, 3.8) is 0 Å². The van der Waals surface area contributed by atoms with Crippen LogP contribution in [0.25, 0.3) is 0 Å². The van der Waals surface area contributed by atoms with Crippen LogP contribution in [0.3, 0.4) is 0 Å². The number of rotatable bonds is 4. The van der Waals surface area contributed by atoms with Crippen LogP contribution in [0.1, 0.15) is 17.4 Å². The highest BCUT2D eigenvalue weighted by molar-refractivity contribution is 6.30. The second-order valence-corrected chi connectivity index (χ2v) is 4.71. The van der Waals surface area contributed by atoms with E-state index in [-0.39, 0.29) is 5.69 Å². The molecule has 1 aromatic carbocycles. The summed E-state index contributed by atoms with van der Waals surface area (Å²) in [6, 6.07) is 6.65. The molecular weight excluding hydrogens is 299 g/mol. The average Bonchev–Trinajstić information content (AvgIpc) is 2.88. The van der Waals surface area contributed by atoms with Crippen molar-refractivity contribution in [3.05, 3.63) is 53.1 Å². The maximum Gasteiger partial charge on any atom is 0.355 e. The van der Waals surface area contributed by atoms with E-state index in [1.165, 1.54) is 43.5 Å². The molecule has 2 N–H and O–H groups in total. The SMILES string of the molecule is CC(OC(=O)c1cc(Cl)c[nH]1)C(=O)Nc1ccc(F)cc1. The van der Waals surface area contributed by atoms with Crippen LogP contribution in [0.15, 0.2) is 36.5 Å². The van der Waals surface area contributed by atoms with E-state index in [9.17, 15) is 14.0 Å². The molecule has 0 bridgehead atoms. The number of hydrogen-bond donors (Lipinski definition) is 2. The maximum absolute atomic E-state index is 12.7. The molecular formula is C14H12ClFN2O3. The van der Waals surface area contributed by atoms with Crippen LogP contribution in [-0.2, 0) is 9.53 Å². The molecule has 2 aromatic rings. The molecule has 1 heterocycles. The van der Waals surface area contributed by atoms with Gasteiger partial charge in [-0.05, 0) is 37.3 Å². The normalized spacial score (nSPS) is 11.8. The molecule has 1 amide bonds. The van der Waals surface area contributed by atoms with Crippen LogP contribution in [-0.4, -0.2) is 23.0 Å². The number of H-pyrrole nitrogens is 1. The van der Waals surface area contributed by atoms with E-state index in [0.717, 1.165) is 0 Å². The minimum Gasteiger partial charge on any atom is -0.448 e. The van der Waals surface area contributed by atoms with Gasteiger partial charge in [0, 0.05) is 11.9 Å². The van der Waals surface area contributed by atoms with Crippen molar-refractivity contribution in [2.24, 2.45) is 0 Å². The lowest BCUT2D eigenvalue weighted by molar-refractivity contribution is -0.123. The first-order valence-corrected chi connectivity index (χ1v) is 6.45. The highest BCUT2D eigenvalue weighted by Gasteiger charge is 2.20. The third-order valence-electron chi connectivity index (χ3n) is 2.63. The molecule has 0 saturated carbocycles. The average molecular weight is 311 g/mol. The van der Waals surface area contributed by atoms with E-state index in [2.05, 4.69) is 10.3 Å². The van der Waals surface area contributed by atoms with E-state index in [1.54, 1.807) is 0 Å². The van der Waals surface area contributed by atoms with Crippen molar-refractivity contribution in [1.29, 1.82) is 0 Å². The second kappa shape index (κ2) is 6.41. The fraction of sp³-hybridized carbons (Fsp3) is 0.143. The van der Waals surface area contributed by atoms with Crippen LogP contribution < -0.4 is 5.32 Å². The number of aromatic nitrogens is 1. The van der Waals surface area contributed by atoms with E-state index in [0.29, 0.717) is 10.7 Å². The fourth-order valence-electron chi connectivity index (χ4n) is 1.54. The molecule has 5 nitrogen and oxygen atoms in total. The smallest absolute Gasteiger partial charge is 0.355 e. The standard InChI is InChI=1S/C14H12ClFN2O3/c1-8(21-14(20)12-6-9(15)7-17-12)13(19)18-11-4-2-10(16)3-5-11/h2-8,17H,1H3,(H,18,19). The van der Waals surface area contributed by atoms with Crippen LogP contribution >= 0.6 is 11.6 Å². The van der Waals surface area contributed by atoms with E-state index in [1.807, 2.05) is 0 Å². The lowest BCUT2D eigenvalue weighted by Crippen LogP contribution is -2.30. The quantitative estimate of drug-likeness (QED) is 0.853. The highest BCUT2D eigenvalue weighted by atomic mass is 35.5. The molecule has 2 rings (SSSR count). The summed E-state index contributed by atoms with van der Waals surface area (Å²) in [7, 11) is 0. The van der Waals surface area contributed by atoms with E-state index >= 15 is 0 Å². The zero-order chi connectivity index (χ0) is 15.4. The minimum absolute atomic E-state index is 0.154. The molecule has 110 valence electrons. The van der Waals surface area contributed by atoms with Gasteiger partial charge in [0.2, 0.25) is 0 Å². The molecule has 7 heteroatoms. The number of esters is 1. The van der Waals surface area contributed by atoms with Crippen LogP contribution in [0, 0.1) is 5.82 Å². The van der Waals surface area contributed by atoms with Crippen molar-refractivity contribution in [1.82, 2.24) is 4.98 Å². The Kier molecular flexibility index (Phi) is 4.59. The van der Waals surface area contributed by atoms with Gasteiger partial charge in [-0.2, -0.15) is 0 Å². The Hall–Kier alpha value is -2.34. The molecule has 0 aliphatic rings. The lowest BCUT2D eigenvalue weighted by atomic mass is 10.3. The number of aromatic amines is 1. The molecule has 0 saturated heterocycles. The first-order chi connectivity index (χ1) is 9.95. The van der Waals surface area contributed by atoms with Crippen LogP contribution in [0.5, 0.6) is 0 Å². The Morgan fingerprint density at radius 3 is 2.57 bits per heavy atom. The van der Waals surface area contributed by atoms with Crippen LogP contribution in [0.2, 0.25) is 5.02 Å². The van der Waals surface area contributed by atoms with Gasteiger partial charge in [-0.25, -0.2) is 9.18 Å². The van der Waals surface area contributed by atoms with Crippen molar-refractivity contribution in [2.75, 3.05) is 5.32 Å². The summed E-state index contributed by atoms with van der Waals surface area (Å²) >= 11 is 5.67. The van der Waals surface area contributed by atoms with Crippen molar-refractivity contribution < 1.29 is 18.7 Å². The summed E-state index contributed by atoms with van der Waals surface area (Å²) in [5.74, 6) is -1.62. The van der Waals surface area contributed by atoms with Gasteiger partial charge < -0.3 is 15.0 Å². The molecule has 0 radical (unpaired) electrons. The number of ether oxygens (including phenoxy) is 1. The Balaban J connectivity index is 1.93. The number of hydrogen-bond acceptors (Lipinski definition) is 3. The van der Waals surface area contributed by atoms with Gasteiger partial charge in [0.15, 0.2) is 6.10 Å². The number of benzene rings is 1. The first kappa shape index (κ1) is 15.1. The molecule has 1 unspecified atom stereocenters. The van der Waals surface area contributed by atoms with Gasteiger partial charge in [-0.15, -0.1) is 0 Å². The van der Waals surface area contributed by atoms with Crippen molar-refractivity contribution in [3.8, 4) is 0 Å². The predicted octanol–water partition coefficient (Wildman–Crippen LogP) is 2.99. The maximum atomic E-state index is 12.7. The lowest BCUT2D eigenvalue weighted by Gasteiger charge is -2.13. The summed E-state index contributed by atoms with van der Waals surface area (Å²) in [5.41, 5.74) is 0.564. The van der Waals surface area contributed by atoms with Gasteiger partial charge in [-0.1, -0.05) is 11.6 Å². The fourth-order valence-corrected chi connectivity index (χ4v) is 1.70. The molecule has 21 heavy (non-hydrogen) atoms. The van der Waals surface area contributed by atoms with Crippen molar-refractivity contribution >= 4 is 29.2 Å². The Morgan fingerprint density at radius 1 is 1.33 bits per heavy atom. The number of anilines is 1. The highest BCUT2D eigenvalue weighted by Crippen LogP contribution is 2.12. The third-order valence-corrected chi connectivity index (χ3v) is 2.85.